The number of amides is 2. The summed E-state index contributed by atoms with van der Waals surface area (Å²) in [6.07, 6.45) is -4.98. The summed E-state index contributed by atoms with van der Waals surface area (Å²) in [4.78, 5) is 22.8. The molecule has 0 rings (SSSR count). The molecule has 0 spiro atoms. The molecule has 0 heterocycles. The number of urea groups is 1. The van der Waals surface area contributed by atoms with E-state index in [-0.39, 0.29) is 12.3 Å². The van der Waals surface area contributed by atoms with Gasteiger partial charge in [-0.3, -0.25) is 4.79 Å². The second-order valence-electron chi connectivity index (χ2n) is 4.66. The van der Waals surface area contributed by atoms with Crippen LogP contribution in [0.1, 0.15) is 20.3 Å². The van der Waals surface area contributed by atoms with Crippen LogP contribution in [0.4, 0.5) is 18.0 Å². The molecular formula is C11H19F3N2O4. The van der Waals surface area contributed by atoms with E-state index in [4.69, 9.17) is 10.2 Å². The van der Waals surface area contributed by atoms with E-state index in [1.165, 1.54) is 0 Å². The van der Waals surface area contributed by atoms with Crippen molar-refractivity contribution in [2.45, 2.75) is 32.5 Å². The van der Waals surface area contributed by atoms with Gasteiger partial charge in [0.25, 0.3) is 0 Å². The van der Waals surface area contributed by atoms with Gasteiger partial charge in [-0.05, 0) is 5.92 Å². The zero-order chi connectivity index (χ0) is 15.9. The van der Waals surface area contributed by atoms with E-state index in [9.17, 15) is 22.8 Å². The van der Waals surface area contributed by atoms with Gasteiger partial charge in [0, 0.05) is 12.6 Å². The Balaban J connectivity index is 4.74. The van der Waals surface area contributed by atoms with Crippen LogP contribution in [0.5, 0.6) is 0 Å². The monoisotopic (exact) mass is 300 g/mol. The van der Waals surface area contributed by atoms with E-state index in [1.54, 1.807) is 13.8 Å². The Labute approximate surface area is 114 Å². The number of carboxylic acid groups (broad SMARTS) is 1. The van der Waals surface area contributed by atoms with E-state index < -0.39 is 43.9 Å². The minimum atomic E-state index is -4.59. The summed E-state index contributed by atoms with van der Waals surface area (Å²) in [5.41, 5.74) is 0. The molecule has 0 fully saturated rings. The molecule has 0 aliphatic heterocycles. The van der Waals surface area contributed by atoms with Gasteiger partial charge >= 0.3 is 18.2 Å². The molecule has 1 unspecified atom stereocenters. The highest BCUT2D eigenvalue weighted by molar-refractivity contribution is 5.76. The number of hydrogen-bond donors (Lipinski definition) is 3. The summed E-state index contributed by atoms with van der Waals surface area (Å²) in [7, 11) is 0. The Bertz CT molecular complexity index is 334. The third-order valence-corrected chi connectivity index (χ3v) is 2.54. The number of halogens is 3. The van der Waals surface area contributed by atoms with Crippen molar-refractivity contribution in [3.05, 3.63) is 0 Å². The van der Waals surface area contributed by atoms with Crippen LogP contribution in [0.2, 0.25) is 0 Å². The largest absolute Gasteiger partial charge is 0.481 e. The summed E-state index contributed by atoms with van der Waals surface area (Å²) in [6.45, 7) is 0.692. The molecule has 0 aromatic heterocycles. The van der Waals surface area contributed by atoms with Gasteiger partial charge in [0.1, 0.15) is 6.54 Å². The van der Waals surface area contributed by atoms with Gasteiger partial charge in [-0.1, -0.05) is 13.8 Å². The Morgan fingerprint density at radius 2 is 1.85 bits per heavy atom. The Hall–Kier alpha value is -1.51. The van der Waals surface area contributed by atoms with Crippen molar-refractivity contribution in [3.63, 3.8) is 0 Å². The fraction of sp³-hybridized carbons (Fsp3) is 0.818. The fourth-order valence-electron chi connectivity index (χ4n) is 1.48. The van der Waals surface area contributed by atoms with Crippen molar-refractivity contribution in [2.24, 2.45) is 5.92 Å². The van der Waals surface area contributed by atoms with Crippen molar-refractivity contribution >= 4 is 12.0 Å². The number of aliphatic carboxylic acids is 1. The van der Waals surface area contributed by atoms with Crippen LogP contribution in [-0.4, -0.2) is 59.0 Å². The zero-order valence-corrected chi connectivity index (χ0v) is 11.3. The molecule has 9 heteroatoms. The van der Waals surface area contributed by atoms with Crippen LogP contribution in [0, 0.1) is 5.92 Å². The minimum absolute atomic E-state index is 0.253. The lowest BCUT2D eigenvalue weighted by molar-refractivity contribution is -0.141. The smallest absolute Gasteiger partial charge is 0.406 e. The third-order valence-electron chi connectivity index (χ3n) is 2.54. The first-order chi connectivity index (χ1) is 9.06. The summed E-state index contributed by atoms with van der Waals surface area (Å²) < 4.78 is 36.9. The van der Waals surface area contributed by atoms with Crippen molar-refractivity contribution < 1.29 is 33.0 Å². The second-order valence-corrected chi connectivity index (χ2v) is 4.66. The molecule has 0 bridgehead atoms. The van der Waals surface area contributed by atoms with Gasteiger partial charge in [-0.15, -0.1) is 0 Å². The van der Waals surface area contributed by atoms with Crippen LogP contribution >= 0.6 is 0 Å². The van der Waals surface area contributed by atoms with E-state index in [2.05, 4.69) is 5.32 Å². The lowest BCUT2D eigenvalue weighted by Crippen LogP contribution is -2.50. The first-order valence-corrected chi connectivity index (χ1v) is 6.01. The molecule has 2 amide bonds. The number of carbonyl (C=O) groups is 2. The molecule has 20 heavy (non-hydrogen) atoms. The molecule has 0 aromatic rings. The topological polar surface area (TPSA) is 89.9 Å². The SMILES string of the molecule is CC(C)C(CC(=O)O)NC(=O)N(CCO)CC(F)(F)F. The highest BCUT2D eigenvalue weighted by Gasteiger charge is 2.33. The third kappa shape index (κ3) is 7.82. The quantitative estimate of drug-likeness (QED) is 0.655. The van der Waals surface area contributed by atoms with Gasteiger partial charge in [0.15, 0.2) is 0 Å². The number of rotatable bonds is 7. The Morgan fingerprint density at radius 1 is 1.30 bits per heavy atom. The Kier molecular flexibility index (Phi) is 7.33. The highest BCUT2D eigenvalue weighted by Crippen LogP contribution is 2.17. The summed E-state index contributed by atoms with van der Waals surface area (Å²) in [5.74, 6) is -1.41. The number of carbonyl (C=O) groups excluding carboxylic acids is 1. The number of carboxylic acids is 1. The fourth-order valence-corrected chi connectivity index (χ4v) is 1.48. The molecule has 0 saturated heterocycles. The lowest BCUT2D eigenvalue weighted by atomic mass is 10.0. The summed E-state index contributed by atoms with van der Waals surface area (Å²) in [5, 5.41) is 19.6. The number of nitrogens with zero attached hydrogens (tertiary/aromatic N) is 1. The standard InChI is InChI=1S/C11H19F3N2O4/c1-7(2)8(5-9(18)19)15-10(20)16(3-4-17)6-11(12,13)14/h7-8,17H,3-6H2,1-2H3,(H,15,20)(H,18,19). The number of nitrogens with one attached hydrogen (secondary N) is 1. The predicted octanol–water partition coefficient (Wildman–Crippen LogP) is 1.05. The molecule has 0 radical (unpaired) electrons. The molecule has 6 nitrogen and oxygen atoms in total. The first kappa shape index (κ1) is 18.5. The number of aliphatic hydroxyl groups excluding tert-OH is 1. The number of hydrogen-bond acceptors (Lipinski definition) is 3. The van der Waals surface area contributed by atoms with Gasteiger partial charge in [0.2, 0.25) is 0 Å². The van der Waals surface area contributed by atoms with Crippen LogP contribution in [0.15, 0.2) is 0 Å². The van der Waals surface area contributed by atoms with E-state index in [1.807, 2.05) is 0 Å². The Morgan fingerprint density at radius 3 is 2.20 bits per heavy atom. The average Bonchev–Trinajstić information content (AvgIpc) is 2.24. The van der Waals surface area contributed by atoms with E-state index in [0.717, 1.165) is 0 Å². The normalized spacial score (nSPS) is 13.2. The maximum absolute atomic E-state index is 12.3. The lowest BCUT2D eigenvalue weighted by Gasteiger charge is -2.27. The summed E-state index contributed by atoms with van der Waals surface area (Å²) in [6, 6.07) is -1.83. The van der Waals surface area contributed by atoms with Crippen molar-refractivity contribution in [3.8, 4) is 0 Å². The van der Waals surface area contributed by atoms with Crippen molar-refractivity contribution in [2.75, 3.05) is 19.7 Å². The predicted molar refractivity (Wildman–Crippen MR) is 64.1 cm³/mol. The molecule has 1 atom stereocenters. The minimum Gasteiger partial charge on any atom is -0.481 e. The van der Waals surface area contributed by atoms with Gasteiger partial charge in [0.05, 0.1) is 13.0 Å². The van der Waals surface area contributed by atoms with Crippen LogP contribution in [0.3, 0.4) is 0 Å². The zero-order valence-electron chi connectivity index (χ0n) is 11.3. The van der Waals surface area contributed by atoms with Crippen molar-refractivity contribution in [1.82, 2.24) is 10.2 Å². The van der Waals surface area contributed by atoms with Crippen LogP contribution in [-0.2, 0) is 4.79 Å². The molecular weight excluding hydrogens is 281 g/mol. The summed E-state index contributed by atoms with van der Waals surface area (Å²) >= 11 is 0. The van der Waals surface area contributed by atoms with Gasteiger partial charge in [-0.25, -0.2) is 4.79 Å². The molecule has 0 aromatic carbocycles. The van der Waals surface area contributed by atoms with Crippen molar-refractivity contribution in [1.29, 1.82) is 0 Å². The van der Waals surface area contributed by atoms with Crippen LogP contribution in [0.25, 0.3) is 0 Å². The highest BCUT2D eigenvalue weighted by atomic mass is 19.4. The first-order valence-electron chi connectivity index (χ1n) is 6.01. The number of aliphatic hydroxyl groups is 1. The second kappa shape index (κ2) is 7.93. The maximum Gasteiger partial charge on any atom is 0.406 e. The maximum atomic E-state index is 12.3. The molecule has 0 aliphatic carbocycles. The van der Waals surface area contributed by atoms with Gasteiger partial charge in [-0.2, -0.15) is 13.2 Å². The molecule has 118 valence electrons. The molecule has 3 N–H and O–H groups in total. The number of alkyl halides is 3. The molecule has 0 saturated carbocycles. The van der Waals surface area contributed by atoms with Crippen LogP contribution < -0.4 is 5.32 Å². The van der Waals surface area contributed by atoms with E-state index in [0.29, 0.717) is 4.90 Å². The van der Waals surface area contributed by atoms with Gasteiger partial charge < -0.3 is 20.4 Å². The molecule has 0 aliphatic rings. The van der Waals surface area contributed by atoms with E-state index >= 15 is 0 Å². The average molecular weight is 300 g/mol.